The predicted molar refractivity (Wildman–Crippen MR) is 69.9 cm³/mol. The van der Waals surface area contributed by atoms with Crippen molar-refractivity contribution in [2.45, 2.75) is 20.0 Å². The fourth-order valence-electron chi connectivity index (χ4n) is 1.99. The highest BCUT2D eigenvalue weighted by molar-refractivity contribution is 5.54. The van der Waals surface area contributed by atoms with E-state index >= 15 is 0 Å². The van der Waals surface area contributed by atoms with E-state index in [0.29, 0.717) is 6.54 Å². The minimum Gasteiger partial charge on any atom is -0.467 e. The first-order valence-electron chi connectivity index (χ1n) is 5.74. The van der Waals surface area contributed by atoms with Crippen LogP contribution in [0.4, 0.5) is 5.69 Å². The summed E-state index contributed by atoms with van der Waals surface area (Å²) in [6.45, 7) is 3.46. The summed E-state index contributed by atoms with van der Waals surface area (Å²) in [5, 5.41) is 0. The van der Waals surface area contributed by atoms with Crippen LogP contribution in [0.15, 0.2) is 41.0 Å². The van der Waals surface area contributed by atoms with E-state index in [-0.39, 0.29) is 0 Å². The molecule has 1 aromatic heterocycles. The molecule has 1 heterocycles. The van der Waals surface area contributed by atoms with E-state index < -0.39 is 0 Å². The second-order valence-electron chi connectivity index (χ2n) is 4.26. The summed E-state index contributed by atoms with van der Waals surface area (Å²) in [6.07, 6.45) is 1.70. The fourth-order valence-corrected chi connectivity index (χ4v) is 1.99. The Labute approximate surface area is 102 Å². The highest BCUT2D eigenvalue weighted by Gasteiger charge is 2.07. The van der Waals surface area contributed by atoms with E-state index in [1.54, 1.807) is 6.26 Å². The van der Waals surface area contributed by atoms with Gasteiger partial charge in [-0.2, -0.15) is 0 Å². The third kappa shape index (κ3) is 2.68. The van der Waals surface area contributed by atoms with Crippen LogP contribution in [0, 0.1) is 6.92 Å². The van der Waals surface area contributed by atoms with E-state index in [2.05, 4.69) is 37.1 Å². The van der Waals surface area contributed by atoms with Gasteiger partial charge in [0, 0.05) is 19.3 Å². The fraction of sp³-hybridized carbons (Fsp3) is 0.286. The molecule has 3 nitrogen and oxygen atoms in total. The lowest BCUT2D eigenvalue weighted by molar-refractivity contribution is 0.507. The number of benzene rings is 1. The van der Waals surface area contributed by atoms with Crippen LogP contribution in [0.5, 0.6) is 0 Å². The van der Waals surface area contributed by atoms with Crippen LogP contribution in [0.25, 0.3) is 0 Å². The van der Waals surface area contributed by atoms with Gasteiger partial charge in [0.15, 0.2) is 0 Å². The van der Waals surface area contributed by atoms with Gasteiger partial charge in [0.25, 0.3) is 0 Å². The minimum atomic E-state index is 0.586. The summed E-state index contributed by atoms with van der Waals surface area (Å²) in [6, 6.07) is 10.2. The molecule has 17 heavy (non-hydrogen) atoms. The van der Waals surface area contributed by atoms with Crippen molar-refractivity contribution < 1.29 is 4.42 Å². The molecule has 0 unspecified atom stereocenters. The predicted octanol–water partition coefficient (Wildman–Crippen LogP) is 2.68. The zero-order valence-electron chi connectivity index (χ0n) is 10.3. The van der Waals surface area contributed by atoms with E-state index in [1.807, 2.05) is 12.1 Å². The van der Waals surface area contributed by atoms with Crippen LogP contribution in [0.3, 0.4) is 0 Å². The van der Waals surface area contributed by atoms with Gasteiger partial charge in [0.2, 0.25) is 0 Å². The van der Waals surface area contributed by atoms with Gasteiger partial charge in [-0.1, -0.05) is 12.1 Å². The molecule has 0 spiro atoms. The normalized spacial score (nSPS) is 10.5. The van der Waals surface area contributed by atoms with Crippen LogP contribution in [0.1, 0.15) is 16.9 Å². The van der Waals surface area contributed by atoms with Gasteiger partial charge >= 0.3 is 0 Å². The molecule has 90 valence electrons. The Hall–Kier alpha value is -1.74. The van der Waals surface area contributed by atoms with E-state index in [4.69, 9.17) is 10.2 Å². The maximum Gasteiger partial charge on any atom is 0.123 e. The van der Waals surface area contributed by atoms with Gasteiger partial charge in [0.1, 0.15) is 5.76 Å². The van der Waals surface area contributed by atoms with E-state index in [9.17, 15) is 0 Å². The zero-order chi connectivity index (χ0) is 12.3. The Morgan fingerprint density at radius 2 is 2.12 bits per heavy atom. The lowest BCUT2D eigenvalue weighted by Gasteiger charge is -2.20. The summed E-state index contributed by atoms with van der Waals surface area (Å²) >= 11 is 0. The van der Waals surface area contributed by atoms with Crippen LogP contribution in [0.2, 0.25) is 0 Å². The number of anilines is 1. The smallest absolute Gasteiger partial charge is 0.123 e. The molecule has 3 heteroatoms. The molecule has 0 saturated carbocycles. The largest absolute Gasteiger partial charge is 0.467 e. The molecule has 0 aliphatic heterocycles. The third-order valence-corrected chi connectivity index (χ3v) is 2.88. The molecule has 0 aliphatic rings. The molecule has 0 fully saturated rings. The standard InChI is InChI=1S/C14H18N2O/c1-11-8-12(9-15)5-6-14(11)16(2)10-13-4-3-7-17-13/h3-8H,9-10,15H2,1-2H3. The zero-order valence-corrected chi connectivity index (χ0v) is 10.3. The number of aryl methyl sites for hydroxylation is 1. The summed E-state index contributed by atoms with van der Waals surface area (Å²) < 4.78 is 5.35. The van der Waals surface area contributed by atoms with Crippen LogP contribution < -0.4 is 10.6 Å². The van der Waals surface area contributed by atoms with E-state index in [0.717, 1.165) is 17.9 Å². The lowest BCUT2D eigenvalue weighted by atomic mass is 10.1. The van der Waals surface area contributed by atoms with Gasteiger partial charge in [-0.3, -0.25) is 0 Å². The van der Waals surface area contributed by atoms with Gasteiger partial charge in [0.05, 0.1) is 12.8 Å². The first kappa shape index (κ1) is 11.7. The SMILES string of the molecule is Cc1cc(CN)ccc1N(C)Cc1ccco1. The Morgan fingerprint density at radius 3 is 2.71 bits per heavy atom. The number of hydrogen-bond donors (Lipinski definition) is 1. The molecule has 0 amide bonds. The molecule has 0 aliphatic carbocycles. The van der Waals surface area contributed by atoms with Crippen molar-refractivity contribution in [3.8, 4) is 0 Å². The second-order valence-corrected chi connectivity index (χ2v) is 4.26. The van der Waals surface area contributed by atoms with Crippen molar-refractivity contribution in [1.82, 2.24) is 0 Å². The molecule has 1 aromatic carbocycles. The van der Waals surface area contributed by atoms with Crippen molar-refractivity contribution >= 4 is 5.69 Å². The van der Waals surface area contributed by atoms with Crippen molar-refractivity contribution in [3.05, 3.63) is 53.5 Å². The molecule has 0 radical (unpaired) electrons. The minimum absolute atomic E-state index is 0.586. The van der Waals surface area contributed by atoms with Crippen molar-refractivity contribution in [2.24, 2.45) is 5.73 Å². The topological polar surface area (TPSA) is 42.4 Å². The monoisotopic (exact) mass is 230 g/mol. The summed E-state index contributed by atoms with van der Waals surface area (Å²) in [4.78, 5) is 2.18. The molecule has 0 atom stereocenters. The Kier molecular flexibility index (Phi) is 3.49. The molecule has 0 bridgehead atoms. The highest BCUT2D eigenvalue weighted by Crippen LogP contribution is 2.21. The quantitative estimate of drug-likeness (QED) is 0.878. The number of rotatable bonds is 4. The number of nitrogens with two attached hydrogens (primary N) is 1. The maximum atomic E-state index is 5.63. The van der Waals surface area contributed by atoms with Gasteiger partial charge < -0.3 is 15.1 Å². The number of furan rings is 1. The lowest BCUT2D eigenvalue weighted by Crippen LogP contribution is -2.17. The van der Waals surface area contributed by atoms with E-state index in [1.165, 1.54) is 11.3 Å². The first-order valence-corrected chi connectivity index (χ1v) is 5.74. The Morgan fingerprint density at radius 1 is 1.29 bits per heavy atom. The summed E-state index contributed by atoms with van der Waals surface area (Å²) in [5.41, 5.74) is 9.24. The van der Waals surface area contributed by atoms with Crippen molar-refractivity contribution in [1.29, 1.82) is 0 Å². The Balaban J connectivity index is 2.16. The second kappa shape index (κ2) is 5.06. The van der Waals surface area contributed by atoms with Gasteiger partial charge in [-0.15, -0.1) is 0 Å². The first-order chi connectivity index (χ1) is 8.20. The van der Waals surface area contributed by atoms with Crippen LogP contribution in [-0.2, 0) is 13.1 Å². The molecule has 2 N–H and O–H groups in total. The Bertz CT molecular complexity index is 477. The molecule has 2 aromatic rings. The molecular weight excluding hydrogens is 212 g/mol. The maximum absolute atomic E-state index is 5.63. The van der Waals surface area contributed by atoms with Gasteiger partial charge in [-0.05, 0) is 36.2 Å². The number of nitrogens with zero attached hydrogens (tertiary/aromatic N) is 1. The molecule has 0 saturated heterocycles. The summed E-state index contributed by atoms with van der Waals surface area (Å²) in [5.74, 6) is 0.967. The third-order valence-electron chi connectivity index (χ3n) is 2.88. The van der Waals surface area contributed by atoms with Crippen LogP contribution >= 0.6 is 0 Å². The number of hydrogen-bond acceptors (Lipinski definition) is 3. The average molecular weight is 230 g/mol. The van der Waals surface area contributed by atoms with Crippen LogP contribution in [-0.4, -0.2) is 7.05 Å². The van der Waals surface area contributed by atoms with Crippen molar-refractivity contribution in [3.63, 3.8) is 0 Å². The average Bonchev–Trinajstić information content (AvgIpc) is 2.81. The molecule has 2 rings (SSSR count). The molecular formula is C14H18N2O. The highest BCUT2D eigenvalue weighted by atomic mass is 16.3. The van der Waals surface area contributed by atoms with Crippen molar-refractivity contribution in [2.75, 3.05) is 11.9 Å². The summed E-state index contributed by atoms with van der Waals surface area (Å²) in [7, 11) is 2.06. The van der Waals surface area contributed by atoms with Gasteiger partial charge in [-0.25, -0.2) is 0 Å².